The third-order valence-electron chi connectivity index (χ3n) is 1.46. The van der Waals surface area contributed by atoms with Crippen LogP contribution in [0.4, 0.5) is 5.82 Å². The lowest BCUT2D eigenvalue weighted by molar-refractivity contribution is 1.41. The Morgan fingerprint density at radius 3 is 2.92 bits per heavy atom. The van der Waals surface area contributed by atoms with Gasteiger partial charge in [0.1, 0.15) is 10.8 Å². The Labute approximate surface area is 74.7 Å². The number of nitrogen functional groups attached to an aromatic ring is 1. The van der Waals surface area contributed by atoms with Crippen molar-refractivity contribution < 1.29 is 0 Å². The minimum absolute atomic E-state index is 0.576. The van der Waals surface area contributed by atoms with E-state index >= 15 is 0 Å². The Kier molecular flexibility index (Phi) is 1.80. The van der Waals surface area contributed by atoms with Crippen LogP contribution in [0, 0.1) is 6.07 Å². The zero-order chi connectivity index (χ0) is 8.39. The van der Waals surface area contributed by atoms with Crippen LogP contribution in [0.1, 0.15) is 0 Å². The summed E-state index contributed by atoms with van der Waals surface area (Å²) in [6, 6.07) is 10.8. The number of hydrogen-bond acceptors (Lipinski definition) is 3. The molecule has 2 aromatic rings. The molecule has 0 unspecified atom stereocenters. The van der Waals surface area contributed by atoms with E-state index in [0.717, 1.165) is 10.6 Å². The number of nitrogens with two attached hydrogens (primary N) is 1. The zero-order valence-corrected chi connectivity index (χ0v) is 7.14. The molecule has 0 aliphatic carbocycles. The number of rotatable bonds is 1. The van der Waals surface area contributed by atoms with Crippen molar-refractivity contribution in [3.8, 4) is 10.6 Å². The fourth-order valence-corrected chi connectivity index (χ4v) is 1.63. The molecule has 0 atom stereocenters. The summed E-state index contributed by atoms with van der Waals surface area (Å²) in [7, 11) is 0. The first-order valence-electron chi connectivity index (χ1n) is 3.54. The van der Waals surface area contributed by atoms with E-state index in [1.807, 2.05) is 29.6 Å². The summed E-state index contributed by atoms with van der Waals surface area (Å²) >= 11 is 1.54. The number of aromatic nitrogens is 1. The molecule has 59 valence electrons. The molecule has 0 aliphatic heterocycles. The highest BCUT2D eigenvalue weighted by Crippen LogP contribution is 2.23. The fraction of sp³-hybridized carbons (Fsp3) is 0. The van der Waals surface area contributed by atoms with Crippen molar-refractivity contribution in [1.82, 2.24) is 4.98 Å². The van der Waals surface area contributed by atoms with Crippen molar-refractivity contribution in [2.45, 2.75) is 0 Å². The second kappa shape index (κ2) is 2.95. The van der Waals surface area contributed by atoms with Crippen molar-refractivity contribution in [3.63, 3.8) is 0 Å². The monoisotopic (exact) mass is 175 g/mol. The van der Waals surface area contributed by atoms with E-state index in [-0.39, 0.29) is 0 Å². The predicted molar refractivity (Wildman–Crippen MR) is 50.8 cm³/mol. The molecule has 0 amide bonds. The van der Waals surface area contributed by atoms with Crippen LogP contribution in [0.3, 0.4) is 0 Å². The van der Waals surface area contributed by atoms with Gasteiger partial charge in [-0.05, 0) is 6.07 Å². The summed E-state index contributed by atoms with van der Waals surface area (Å²) in [4.78, 5) is 4.15. The van der Waals surface area contributed by atoms with Crippen LogP contribution in [0.25, 0.3) is 10.6 Å². The van der Waals surface area contributed by atoms with Crippen molar-refractivity contribution >= 4 is 17.2 Å². The van der Waals surface area contributed by atoms with Gasteiger partial charge in [-0.1, -0.05) is 24.3 Å². The van der Waals surface area contributed by atoms with Gasteiger partial charge in [0.2, 0.25) is 0 Å². The third kappa shape index (κ3) is 1.31. The van der Waals surface area contributed by atoms with Crippen LogP contribution >= 0.6 is 11.3 Å². The van der Waals surface area contributed by atoms with Gasteiger partial charge in [0.15, 0.2) is 0 Å². The molecule has 0 fully saturated rings. The lowest BCUT2D eigenvalue weighted by atomic mass is 10.2. The van der Waals surface area contributed by atoms with Crippen LogP contribution in [0.15, 0.2) is 29.6 Å². The van der Waals surface area contributed by atoms with Gasteiger partial charge in [-0.15, -0.1) is 11.3 Å². The lowest BCUT2D eigenvalue weighted by Crippen LogP contribution is -1.83. The summed E-state index contributed by atoms with van der Waals surface area (Å²) in [6.45, 7) is 0. The molecule has 12 heavy (non-hydrogen) atoms. The SMILES string of the molecule is Nc1csc(-c2[c]cccc2)n1. The van der Waals surface area contributed by atoms with E-state index in [9.17, 15) is 0 Å². The molecule has 2 N–H and O–H groups in total. The van der Waals surface area contributed by atoms with Crippen molar-refractivity contribution in [2.75, 3.05) is 5.73 Å². The molecule has 1 radical (unpaired) electrons. The van der Waals surface area contributed by atoms with E-state index < -0.39 is 0 Å². The maximum absolute atomic E-state index is 5.50. The zero-order valence-electron chi connectivity index (χ0n) is 6.32. The van der Waals surface area contributed by atoms with Gasteiger partial charge in [0.25, 0.3) is 0 Å². The number of thiazole rings is 1. The fourth-order valence-electron chi connectivity index (χ4n) is 0.936. The number of benzene rings is 1. The molecule has 3 heteroatoms. The number of hydrogen-bond donors (Lipinski definition) is 1. The first kappa shape index (κ1) is 7.31. The molecule has 0 saturated carbocycles. The molecule has 0 aliphatic rings. The largest absolute Gasteiger partial charge is 0.383 e. The minimum atomic E-state index is 0.576. The van der Waals surface area contributed by atoms with Gasteiger partial charge in [0.05, 0.1) is 0 Å². The average Bonchev–Trinajstić information content (AvgIpc) is 2.54. The maximum Gasteiger partial charge on any atom is 0.135 e. The lowest BCUT2D eigenvalue weighted by Gasteiger charge is -1.91. The second-order valence-electron chi connectivity index (χ2n) is 2.35. The summed E-state index contributed by atoms with van der Waals surface area (Å²) in [5, 5.41) is 2.75. The van der Waals surface area contributed by atoms with Crippen molar-refractivity contribution in [1.29, 1.82) is 0 Å². The summed E-state index contributed by atoms with van der Waals surface area (Å²) in [6.07, 6.45) is 0. The van der Waals surface area contributed by atoms with Crippen LogP contribution in [0.2, 0.25) is 0 Å². The Balaban J connectivity index is 2.45. The molecule has 1 heterocycles. The highest BCUT2D eigenvalue weighted by Gasteiger charge is 2.00. The second-order valence-corrected chi connectivity index (χ2v) is 3.21. The predicted octanol–water partition coefficient (Wildman–Crippen LogP) is 2.19. The Morgan fingerprint density at radius 1 is 1.42 bits per heavy atom. The van der Waals surface area contributed by atoms with E-state index in [4.69, 9.17) is 5.73 Å². The first-order valence-corrected chi connectivity index (χ1v) is 4.42. The van der Waals surface area contributed by atoms with Crippen LogP contribution in [0.5, 0.6) is 0 Å². The molecule has 1 aromatic carbocycles. The summed E-state index contributed by atoms with van der Waals surface area (Å²) in [5.74, 6) is 0.576. The van der Waals surface area contributed by atoms with E-state index in [0.29, 0.717) is 5.82 Å². The molecule has 0 bridgehead atoms. The Morgan fingerprint density at radius 2 is 2.33 bits per heavy atom. The van der Waals surface area contributed by atoms with E-state index in [1.54, 1.807) is 0 Å². The van der Waals surface area contributed by atoms with Crippen molar-refractivity contribution in [2.24, 2.45) is 0 Å². The van der Waals surface area contributed by atoms with Gasteiger partial charge in [-0.25, -0.2) is 4.98 Å². The van der Waals surface area contributed by atoms with Gasteiger partial charge < -0.3 is 5.73 Å². The highest BCUT2D eigenvalue weighted by atomic mass is 32.1. The molecular weight excluding hydrogens is 168 g/mol. The standard InChI is InChI=1S/C9H7N2S/c10-8-6-12-9(11-8)7-4-2-1-3-5-7/h1-4,6H,10H2. The smallest absolute Gasteiger partial charge is 0.135 e. The van der Waals surface area contributed by atoms with Gasteiger partial charge in [0, 0.05) is 10.9 Å². The van der Waals surface area contributed by atoms with Gasteiger partial charge in [-0.2, -0.15) is 0 Å². The normalized spacial score (nSPS) is 10.0. The summed E-state index contributed by atoms with van der Waals surface area (Å²) in [5.41, 5.74) is 6.50. The highest BCUT2D eigenvalue weighted by molar-refractivity contribution is 7.13. The molecule has 1 aromatic heterocycles. The van der Waals surface area contributed by atoms with Crippen LogP contribution in [-0.2, 0) is 0 Å². The first-order chi connectivity index (χ1) is 5.86. The third-order valence-corrected chi connectivity index (χ3v) is 2.36. The minimum Gasteiger partial charge on any atom is -0.383 e. The van der Waals surface area contributed by atoms with Gasteiger partial charge in [-0.3, -0.25) is 0 Å². The molecular formula is C9H7N2S. The molecule has 2 nitrogen and oxygen atoms in total. The number of anilines is 1. The maximum atomic E-state index is 5.50. The van der Waals surface area contributed by atoms with Crippen molar-refractivity contribution in [3.05, 3.63) is 35.7 Å². The quantitative estimate of drug-likeness (QED) is 0.721. The molecule has 2 rings (SSSR count). The van der Waals surface area contributed by atoms with E-state index in [1.165, 1.54) is 11.3 Å². The topological polar surface area (TPSA) is 38.9 Å². The van der Waals surface area contributed by atoms with Crippen LogP contribution in [-0.4, -0.2) is 4.98 Å². The Bertz CT molecular complexity index is 367. The molecule has 0 saturated heterocycles. The molecule has 0 spiro atoms. The Hall–Kier alpha value is -1.35. The van der Waals surface area contributed by atoms with Gasteiger partial charge >= 0.3 is 0 Å². The van der Waals surface area contributed by atoms with E-state index in [2.05, 4.69) is 11.1 Å². The van der Waals surface area contributed by atoms with Crippen LogP contribution < -0.4 is 5.73 Å². The number of nitrogens with zero attached hydrogens (tertiary/aromatic N) is 1. The summed E-state index contributed by atoms with van der Waals surface area (Å²) < 4.78 is 0. The average molecular weight is 175 g/mol.